The summed E-state index contributed by atoms with van der Waals surface area (Å²) in [4.78, 5) is 12.2. The van der Waals surface area contributed by atoms with Gasteiger partial charge in [-0.1, -0.05) is 32.3 Å². The molecule has 0 saturated carbocycles. The van der Waals surface area contributed by atoms with Gasteiger partial charge in [0.2, 0.25) is 0 Å². The van der Waals surface area contributed by atoms with Crippen molar-refractivity contribution in [1.29, 1.82) is 0 Å². The normalized spacial score (nSPS) is 10.3. The molecule has 2 aromatic carbocycles. The number of anilines is 1. The van der Waals surface area contributed by atoms with Crippen molar-refractivity contribution in [2.75, 3.05) is 11.9 Å². The third-order valence-electron chi connectivity index (χ3n) is 3.47. The SMILES string of the molecule is CCCCCCOc1ccc(C(=O)Nc2cccc(I)c2)cc1. The zero-order valence-corrected chi connectivity index (χ0v) is 15.5. The van der Waals surface area contributed by atoms with Crippen LogP contribution >= 0.6 is 22.6 Å². The summed E-state index contributed by atoms with van der Waals surface area (Å²) >= 11 is 2.22. The minimum absolute atomic E-state index is 0.110. The quantitative estimate of drug-likeness (QED) is 0.450. The molecule has 1 N–H and O–H groups in total. The number of ether oxygens (including phenoxy) is 1. The van der Waals surface area contributed by atoms with E-state index in [1.807, 2.05) is 36.4 Å². The van der Waals surface area contributed by atoms with Gasteiger partial charge >= 0.3 is 0 Å². The number of carbonyl (C=O) groups excluding carboxylic acids is 1. The molecule has 122 valence electrons. The van der Waals surface area contributed by atoms with E-state index >= 15 is 0 Å². The zero-order valence-electron chi connectivity index (χ0n) is 13.3. The number of carbonyl (C=O) groups is 1. The summed E-state index contributed by atoms with van der Waals surface area (Å²) in [7, 11) is 0. The average Bonchev–Trinajstić information content (AvgIpc) is 2.55. The summed E-state index contributed by atoms with van der Waals surface area (Å²) in [6.45, 7) is 2.93. The lowest BCUT2D eigenvalue weighted by Crippen LogP contribution is -2.11. The molecule has 2 aromatic rings. The monoisotopic (exact) mass is 423 g/mol. The fourth-order valence-corrected chi connectivity index (χ4v) is 2.73. The van der Waals surface area contributed by atoms with E-state index in [9.17, 15) is 4.79 Å². The molecule has 23 heavy (non-hydrogen) atoms. The number of hydrogen-bond acceptors (Lipinski definition) is 2. The Hall–Kier alpha value is -1.56. The van der Waals surface area contributed by atoms with Gasteiger partial charge in [-0.2, -0.15) is 0 Å². The number of unbranched alkanes of at least 4 members (excludes halogenated alkanes) is 3. The molecule has 0 aromatic heterocycles. The molecular formula is C19H22INO2. The largest absolute Gasteiger partial charge is 0.494 e. The highest BCUT2D eigenvalue weighted by molar-refractivity contribution is 14.1. The van der Waals surface area contributed by atoms with Crippen molar-refractivity contribution in [3.63, 3.8) is 0 Å². The van der Waals surface area contributed by atoms with E-state index in [0.29, 0.717) is 5.56 Å². The smallest absolute Gasteiger partial charge is 0.255 e. The maximum Gasteiger partial charge on any atom is 0.255 e. The number of rotatable bonds is 8. The van der Waals surface area contributed by atoms with E-state index in [1.165, 1.54) is 19.3 Å². The first-order valence-electron chi connectivity index (χ1n) is 7.99. The second-order valence-corrected chi connectivity index (χ2v) is 6.64. The highest BCUT2D eigenvalue weighted by atomic mass is 127. The van der Waals surface area contributed by atoms with Crippen LogP contribution in [0.1, 0.15) is 43.0 Å². The topological polar surface area (TPSA) is 38.3 Å². The van der Waals surface area contributed by atoms with Crippen LogP contribution in [0.15, 0.2) is 48.5 Å². The highest BCUT2D eigenvalue weighted by Crippen LogP contribution is 2.16. The summed E-state index contributed by atoms with van der Waals surface area (Å²) in [5, 5.41) is 2.90. The average molecular weight is 423 g/mol. The van der Waals surface area contributed by atoms with Gasteiger partial charge in [-0.15, -0.1) is 0 Å². The molecule has 0 aliphatic carbocycles. The van der Waals surface area contributed by atoms with Gasteiger partial charge in [0, 0.05) is 14.8 Å². The predicted molar refractivity (Wildman–Crippen MR) is 103 cm³/mol. The second kappa shape index (κ2) is 9.55. The summed E-state index contributed by atoms with van der Waals surface area (Å²) < 4.78 is 6.78. The molecule has 0 spiro atoms. The molecule has 0 heterocycles. The lowest BCUT2D eigenvalue weighted by atomic mass is 10.2. The third-order valence-corrected chi connectivity index (χ3v) is 4.14. The molecule has 0 aliphatic heterocycles. The Bertz CT molecular complexity index is 626. The number of nitrogens with one attached hydrogen (secondary N) is 1. The van der Waals surface area contributed by atoms with Gasteiger partial charge in [-0.3, -0.25) is 4.79 Å². The van der Waals surface area contributed by atoms with Gasteiger partial charge in [0.25, 0.3) is 5.91 Å². The summed E-state index contributed by atoms with van der Waals surface area (Å²) in [5.41, 5.74) is 1.43. The molecule has 3 nitrogen and oxygen atoms in total. The van der Waals surface area contributed by atoms with Gasteiger partial charge < -0.3 is 10.1 Å². The first-order valence-corrected chi connectivity index (χ1v) is 9.06. The Morgan fingerprint density at radius 1 is 1.09 bits per heavy atom. The maximum atomic E-state index is 12.2. The molecule has 0 aliphatic rings. The van der Waals surface area contributed by atoms with E-state index in [4.69, 9.17) is 4.74 Å². The van der Waals surface area contributed by atoms with E-state index < -0.39 is 0 Å². The van der Waals surface area contributed by atoms with Crippen LogP contribution in [0.2, 0.25) is 0 Å². The predicted octanol–water partition coefficient (Wildman–Crippen LogP) is 5.50. The van der Waals surface area contributed by atoms with Crippen LogP contribution in [0.3, 0.4) is 0 Å². The Balaban J connectivity index is 1.85. The Kier molecular flexibility index (Phi) is 7.39. The summed E-state index contributed by atoms with van der Waals surface area (Å²) in [6.07, 6.45) is 4.75. The Labute approximate surface area is 151 Å². The van der Waals surface area contributed by atoms with Crippen molar-refractivity contribution in [3.05, 3.63) is 57.7 Å². The molecular weight excluding hydrogens is 401 g/mol. The zero-order chi connectivity index (χ0) is 16.5. The Morgan fingerprint density at radius 2 is 1.87 bits per heavy atom. The van der Waals surface area contributed by atoms with Gasteiger partial charge in [0.15, 0.2) is 0 Å². The fourth-order valence-electron chi connectivity index (χ4n) is 2.19. The van der Waals surface area contributed by atoms with Crippen molar-refractivity contribution < 1.29 is 9.53 Å². The molecule has 0 unspecified atom stereocenters. The lowest BCUT2D eigenvalue weighted by Gasteiger charge is -2.08. The maximum absolute atomic E-state index is 12.2. The highest BCUT2D eigenvalue weighted by Gasteiger charge is 2.06. The van der Waals surface area contributed by atoms with Crippen LogP contribution in [-0.2, 0) is 0 Å². The third kappa shape index (κ3) is 6.22. The number of hydrogen-bond donors (Lipinski definition) is 1. The van der Waals surface area contributed by atoms with Crippen LogP contribution in [-0.4, -0.2) is 12.5 Å². The summed E-state index contributed by atoms with van der Waals surface area (Å²) in [6, 6.07) is 15.0. The minimum atomic E-state index is -0.110. The minimum Gasteiger partial charge on any atom is -0.494 e. The lowest BCUT2D eigenvalue weighted by molar-refractivity contribution is 0.102. The van der Waals surface area contributed by atoms with Crippen LogP contribution in [0.5, 0.6) is 5.75 Å². The van der Waals surface area contributed by atoms with Gasteiger partial charge in [-0.05, 0) is 71.5 Å². The van der Waals surface area contributed by atoms with Gasteiger partial charge in [-0.25, -0.2) is 0 Å². The molecule has 0 bridgehead atoms. The summed E-state index contributed by atoms with van der Waals surface area (Å²) in [5.74, 6) is 0.703. The molecule has 1 amide bonds. The van der Waals surface area contributed by atoms with Crippen molar-refractivity contribution in [3.8, 4) is 5.75 Å². The van der Waals surface area contributed by atoms with Crippen LogP contribution in [0, 0.1) is 3.57 Å². The van der Waals surface area contributed by atoms with Crippen LogP contribution in [0.25, 0.3) is 0 Å². The van der Waals surface area contributed by atoms with Gasteiger partial charge in [0.05, 0.1) is 6.61 Å². The fraction of sp³-hybridized carbons (Fsp3) is 0.316. The van der Waals surface area contributed by atoms with Gasteiger partial charge in [0.1, 0.15) is 5.75 Å². The number of amides is 1. The molecule has 2 rings (SSSR count). The van der Waals surface area contributed by atoms with E-state index in [-0.39, 0.29) is 5.91 Å². The van der Waals surface area contributed by atoms with E-state index in [2.05, 4.69) is 34.8 Å². The first-order chi connectivity index (χ1) is 11.2. The van der Waals surface area contributed by atoms with Crippen molar-refractivity contribution in [2.24, 2.45) is 0 Å². The molecule has 0 saturated heterocycles. The molecule has 0 fully saturated rings. The van der Waals surface area contributed by atoms with E-state index in [0.717, 1.165) is 28.0 Å². The number of halogens is 1. The van der Waals surface area contributed by atoms with Crippen LogP contribution < -0.4 is 10.1 Å². The standard InChI is InChI=1S/C19H22INO2/c1-2-3-4-5-13-23-18-11-9-15(10-12-18)19(22)21-17-8-6-7-16(20)14-17/h6-12,14H,2-5,13H2,1H3,(H,21,22). The van der Waals surface area contributed by atoms with Crippen molar-refractivity contribution in [1.82, 2.24) is 0 Å². The van der Waals surface area contributed by atoms with Crippen LogP contribution in [0.4, 0.5) is 5.69 Å². The first kappa shape index (κ1) is 17.8. The van der Waals surface area contributed by atoms with Crippen molar-refractivity contribution >= 4 is 34.2 Å². The van der Waals surface area contributed by atoms with Crippen molar-refractivity contribution in [2.45, 2.75) is 32.6 Å². The molecule has 4 heteroatoms. The second-order valence-electron chi connectivity index (χ2n) is 5.40. The molecule has 0 radical (unpaired) electrons. The Morgan fingerprint density at radius 3 is 2.57 bits per heavy atom. The molecule has 0 atom stereocenters. The number of benzene rings is 2. The van der Waals surface area contributed by atoms with E-state index in [1.54, 1.807) is 12.1 Å².